The Hall–Kier alpha value is -1.70. The van der Waals surface area contributed by atoms with Crippen LogP contribution in [0.3, 0.4) is 0 Å². The first-order valence-electron chi connectivity index (χ1n) is 9.68. The van der Waals surface area contributed by atoms with Crippen molar-refractivity contribution < 1.29 is 4.79 Å². The maximum absolute atomic E-state index is 12.7. The van der Waals surface area contributed by atoms with Gasteiger partial charge in [-0.25, -0.2) is 9.48 Å². The molecule has 2 fully saturated rings. The van der Waals surface area contributed by atoms with Crippen LogP contribution in [0.25, 0.3) is 0 Å². The van der Waals surface area contributed by atoms with Crippen LogP contribution in [0.2, 0.25) is 0 Å². The van der Waals surface area contributed by atoms with Crippen molar-refractivity contribution in [3.8, 4) is 0 Å². The number of aryl methyl sites for hydroxylation is 2. The first kappa shape index (κ1) is 16.8. The number of rotatable bonds is 2. The van der Waals surface area contributed by atoms with E-state index in [4.69, 9.17) is 0 Å². The summed E-state index contributed by atoms with van der Waals surface area (Å²) in [7, 11) is 2.20. The molecule has 2 atom stereocenters. The standard InChI is InChI=1S/C17H29N7O/c1-22-8-4-13(5-9-22)14-6-10-23(12-14)17(25)18-15-2-3-16-19-20-21-24(16)11-7-15/h13-15H,2-12H2,1H3,(H,18,25). The van der Waals surface area contributed by atoms with Crippen LogP contribution >= 0.6 is 0 Å². The SMILES string of the molecule is CN1CCC(C2CCN(C(=O)NC3CCc4nnnn4CC3)C2)CC1. The predicted octanol–water partition coefficient (Wildman–Crippen LogP) is 0.751. The summed E-state index contributed by atoms with van der Waals surface area (Å²) in [6.07, 6.45) is 6.37. The maximum Gasteiger partial charge on any atom is 0.317 e. The minimum Gasteiger partial charge on any atom is -0.335 e. The number of fused-ring (bicyclic) bond motifs is 1. The van der Waals surface area contributed by atoms with Crippen molar-refractivity contribution in [1.29, 1.82) is 0 Å². The monoisotopic (exact) mass is 347 g/mol. The van der Waals surface area contributed by atoms with E-state index >= 15 is 0 Å². The smallest absolute Gasteiger partial charge is 0.317 e. The number of urea groups is 1. The molecule has 1 N–H and O–H groups in total. The summed E-state index contributed by atoms with van der Waals surface area (Å²) in [6.45, 7) is 5.02. The lowest BCUT2D eigenvalue weighted by Gasteiger charge is -2.32. The van der Waals surface area contributed by atoms with Gasteiger partial charge in [-0.2, -0.15) is 0 Å². The quantitative estimate of drug-likeness (QED) is 0.854. The van der Waals surface area contributed by atoms with Crippen LogP contribution in [0.4, 0.5) is 4.79 Å². The molecule has 1 aromatic rings. The molecular formula is C17H29N7O. The predicted molar refractivity (Wildman–Crippen MR) is 93.0 cm³/mol. The lowest BCUT2D eigenvalue weighted by Crippen LogP contribution is -2.44. The van der Waals surface area contributed by atoms with Crippen LogP contribution < -0.4 is 5.32 Å². The summed E-state index contributed by atoms with van der Waals surface area (Å²) in [5.74, 6) is 2.41. The van der Waals surface area contributed by atoms with Gasteiger partial charge >= 0.3 is 6.03 Å². The fraction of sp³-hybridized carbons (Fsp3) is 0.882. The Morgan fingerprint density at radius 3 is 2.68 bits per heavy atom. The number of amides is 2. The third kappa shape index (κ3) is 3.78. The van der Waals surface area contributed by atoms with Gasteiger partial charge < -0.3 is 15.1 Å². The van der Waals surface area contributed by atoms with Gasteiger partial charge in [0.05, 0.1) is 0 Å². The zero-order valence-corrected chi connectivity index (χ0v) is 15.1. The number of tetrazole rings is 1. The Bertz CT molecular complexity index is 573. The van der Waals surface area contributed by atoms with Crippen molar-refractivity contribution in [3.05, 3.63) is 5.82 Å². The molecule has 2 unspecified atom stereocenters. The Kier molecular flexibility index (Phi) is 4.87. The molecule has 0 aliphatic carbocycles. The van der Waals surface area contributed by atoms with Crippen molar-refractivity contribution in [2.75, 3.05) is 33.2 Å². The highest BCUT2D eigenvalue weighted by Crippen LogP contribution is 2.31. The molecule has 0 spiro atoms. The molecule has 138 valence electrons. The van der Waals surface area contributed by atoms with Crippen LogP contribution in [0.15, 0.2) is 0 Å². The number of aromatic nitrogens is 4. The second kappa shape index (κ2) is 7.27. The molecule has 0 bridgehead atoms. The van der Waals surface area contributed by atoms with Crippen molar-refractivity contribution in [1.82, 2.24) is 35.3 Å². The van der Waals surface area contributed by atoms with Crippen LogP contribution in [0, 0.1) is 11.8 Å². The summed E-state index contributed by atoms with van der Waals surface area (Å²) < 4.78 is 1.86. The molecule has 0 saturated carbocycles. The minimum absolute atomic E-state index is 0.117. The Morgan fingerprint density at radius 2 is 1.84 bits per heavy atom. The summed E-state index contributed by atoms with van der Waals surface area (Å²) in [4.78, 5) is 17.1. The van der Waals surface area contributed by atoms with Crippen molar-refractivity contribution >= 4 is 6.03 Å². The Labute approximate surface area is 148 Å². The lowest BCUT2D eigenvalue weighted by molar-refractivity contribution is 0.167. The first-order valence-corrected chi connectivity index (χ1v) is 9.68. The van der Waals surface area contributed by atoms with Crippen LogP contribution in [0.1, 0.15) is 37.9 Å². The number of nitrogens with zero attached hydrogens (tertiary/aromatic N) is 6. The van der Waals surface area contributed by atoms with Crippen molar-refractivity contribution in [2.24, 2.45) is 11.8 Å². The number of piperidine rings is 1. The number of carbonyl (C=O) groups excluding carboxylic acids is 1. The number of nitrogens with one attached hydrogen (secondary N) is 1. The van der Waals surface area contributed by atoms with Gasteiger partial charge in [0.15, 0.2) is 5.82 Å². The van der Waals surface area contributed by atoms with Crippen LogP contribution in [0.5, 0.6) is 0 Å². The van der Waals surface area contributed by atoms with Gasteiger partial charge in [0.2, 0.25) is 0 Å². The van der Waals surface area contributed by atoms with E-state index in [0.29, 0.717) is 5.92 Å². The van der Waals surface area contributed by atoms with Gasteiger partial charge in [-0.1, -0.05) is 0 Å². The Balaban J connectivity index is 1.25. The highest BCUT2D eigenvalue weighted by Gasteiger charge is 2.33. The molecule has 8 nitrogen and oxygen atoms in total. The molecule has 25 heavy (non-hydrogen) atoms. The summed E-state index contributed by atoms with van der Waals surface area (Å²) in [6, 6.07) is 0.324. The molecule has 2 amide bonds. The molecule has 4 rings (SSSR count). The fourth-order valence-corrected chi connectivity index (χ4v) is 4.57. The normalized spacial score (nSPS) is 28.6. The zero-order chi connectivity index (χ0) is 17.2. The van der Waals surface area contributed by atoms with Gasteiger partial charge in [0.1, 0.15) is 0 Å². The van der Waals surface area contributed by atoms with Crippen molar-refractivity contribution in [2.45, 2.75) is 51.1 Å². The van der Waals surface area contributed by atoms with Crippen LogP contribution in [-0.4, -0.2) is 75.3 Å². The summed E-state index contributed by atoms with van der Waals surface area (Å²) >= 11 is 0. The zero-order valence-electron chi connectivity index (χ0n) is 15.1. The summed E-state index contributed by atoms with van der Waals surface area (Å²) in [5, 5.41) is 15.0. The molecule has 0 aromatic carbocycles. The third-order valence-corrected chi connectivity index (χ3v) is 6.28. The minimum atomic E-state index is 0.117. The fourth-order valence-electron chi connectivity index (χ4n) is 4.57. The van der Waals surface area contributed by atoms with E-state index in [1.54, 1.807) is 0 Å². The van der Waals surface area contributed by atoms with E-state index in [9.17, 15) is 4.79 Å². The topological polar surface area (TPSA) is 79.2 Å². The number of hydrogen-bond acceptors (Lipinski definition) is 5. The first-order chi connectivity index (χ1) is 12.2. The van der Waals surface area contributed by atoms with Gasteiger partial charge in [0, 0.05) is 32.1 Å². The average Bonchev–Trinajstić information content (AvgIpc) is 3.24. The molecule has 2 saturated heterocycles. The molecule has 3 aliphatic heterocycles. The lowest BCUT2D eigenvalue weighted by atomic mass is 9.84. The third-order valence-electron chi connectivity index (χ3n) is 6.28. The molecule has 1 aromatic heterocycles. The molecule has 3 aliphatic rings. The second-order valence-electron chi connectivity index (χ2n) is 7.93. The van der Waals surface area contributed by atoms with Gasteiger partial charge in [0.25, 0.3) is 0 Å². The molecule has 0 radical (unpaired) electrons. The van der Waals surface area contributed by atoms with Gasteiger partial charge in [-0.05, 0) is 74.5 Å². The van der Waals surface area contributed by atoms with Gasteiger partial charge in [-0.3, -0.25) is 0 Å². The molecule has 8 heteroatoms. The number of carbonyl (C=O) groups is 1. The number of likely N-dealkylation sites (tertiary alicyclic amines) is 2. The van der Waals surface area contributed by atoms with Gasteiger partial charge in [-0.15, -0.1) is 5.10 Å². The van der Waals surface area contributed by atoms with Crippen LogP contribution in [-0.2, 0) is 13.0 Å². The summed E-state index contributed by atoms with van der Waals surface area (Å²) in [5.41, 5.74) is 0. The highest BCUT2D eigenvalue weighted by atomic mass is 16.2. The van der Waals surface area contributed by atoms with Crippen molar-refractivity contribution in [3.63, 3.8) is 0 Å². The average molecular weight is 347 g/mol. The highest BCUT2D eigenvalue weighted by molar-refractivity contribution is 5.74. The molecule has 4 heterocycles. The van der Waals surface area contributed by atoms with E-state index in [1.165, 1.54) is 25.9 Å². The number of hydrogen-bond donors (Lipinski definition) is 1. The largest absolute Gasteiger partial charge is 0.335 e. The Morgan fingerprint density at radius 1 is 1.04 bits per heavy atom. The maximum atomic E-state index is 12.7. The van der Waals surface area contributed by atoms with E-state index < -0.39 is 0 Å². The molecular weight excluding hydrogens is 318 g/mol. The van der Waals surface area contributed by atoms with E-state index in [0.717, 1.165) is 57.1 Å². The van der Waals surface area contributed by atoms with E-state index in [2.05, 4.69) is 32.8 Å². The second-order valence-corrected chi connectivity index (χ2v) is 7.93. The van der Waals surface area contributed by atoms with E-state index in [-0.39, 0.29) is 12.1 Å². The van der Waals surface area contributed by atoms with E-state index in [1.807, 2.05) is 9.58 Å².